The normalized spacial score (nSPS) is 11.6. The van der Waals surface area contributed by atoms with Gasteiger partial charge in [-0.15, -0.1) is 20.4 Å². The predicted octanol–water partition coefficient (Wildman–Crippen LogP) is 4.60. The molecular formula is C19H13F3N6S. The van der Waals surface area contributed by atoms with Crippen molar-refractivity contribution in [2.75, 3.05) is 0 Å². The van der Waals surface area contributed by atoms with E-state index >= 15 is 0 Å². The fourth-order valence-electron chi connectivity index (χ4n) is 2.67. The number of alkyl halides is 3. The SMILES string of the molecule is Cc1ccccc1-n1c(Sc2ccc(C(F)(F)F)nn2)nnc1-c1cccnc1. The van der Waals surface area contributed by atoms with Gasteiger partial charge in [0.2, 0.25) is 5.16 Å². The van der Waals surface area contributed by atoms with Crippen molar-refractivity contribution >= 4 is 11.8 Å². The van der Waals surface area contributed by atoms with E-state index in [-0.39, 0.29) is 5.03 Å². The van der Waals surface area contributed by atoms with Crippen LogP contribution in [0.1, 0.15) is 11.3 Å². The Morgan fingerprint density at radius 1 is 0.897 bits per heavy atom. The molecule has 0 amide bonds. The molecule has 4 rings (SSSR count). The lowest BCUT2D eigenvalue weighted by Crippen LogP contribution is -2.09. The van der Waals surface area contributed by atoms with E-state index in [2.05, 4.69) is 25.4 Å². The van der Waals surface area contributed by atoms with E-state index in [1.165, 1.54) is 6.07 Å². The molecule has 0 radical (unpaired) electrons. The average Bonchev–Trinajstić information content (AvgIpc) is 3.12. The Kier molecular flexibility index (Phi) is 5.01. The van der Waals surface area contributed by atoms with Crippen LogP contribution in [-0.4, -0.2) is 29.9 Å². The number of para-hydroxylation sites is 1. The Labute approximate surface area is 167 Å². The van der Waals surface area contributed by atoms with Crippen LogP contribution in [0.3, 0.4) is 0 Å². The van der Waals surface area contributed by atoms with Gasteiger partial charge in [0, 0.05) is 18.0 Å². The lowest BCUT2D eigenvalue weighted by molar-refractivity contribution is -0.141. The highest BCUT2D eigenvalue weighted by atomic mass is 32.2. The van der Waals surface area contributed by atoms with Gasteiger partial charge < -0.3 is 0 Å². The largest absolute Gasteiger partial charge is 0.435 e. The zero-order chi connectivity index (χ0) is 20.4. The van der Waals surface area contributed by atoms with E-state index in [4.69, 9.17) is 0 Å². The summed E-state index contributed by atoms with van der Waals surface area (Å²) in [4.78, 5) is 4.13. The molecule has 1 aromatic carbocycles. The van der Waals surface area contributed by atoms with Gasteiger partial charge in [0.05, 0.1) is 5.69 Å². The van der Waals surface area contributed by atoms with Crippen molar-refractivity contribution in [3.63, 3.8) is 0 Å². The van der Waals surface area contributed by atoms with Crippen LogP contribution in [0, 0.1) is 6.92 Å². The molecule has 0 spiro atoms. The number of aryl methyl sites for hydroxylation is 1. The van der Waals surface area contributed by atoms with Crippen LogP contribution in [-0.2, 0) is 6.18 Å². The highest BCUT2D eigenvalue weighted by molar-refractivity contribution is 7.99. The summed E-state index contributed by atoms with van der Waals surface area (Å²) < 4.78 is 40.0. The second-order valence-corrected chi connectivity index (χ2v) is 7.01. The van der Waals surface area contributed by atoms with Gasteiger partial charge in [-0.25, -0.2) is 0 Å². The molecule has 0 bridgehead atoms. The van der Waals surface area contributed by atoms with Gasteiger partial charge in [0.1, 0.15) is 5.03 Å². The van der Waals surface area contributed by atoms with Crippen LogP contribution in [0.4, 0.5) is 13.2 Å². The first-order valence-corrected chi connectivity index (χ1v) is 9.26. The maximum Gasteiger partial charge on any atom is 0.435 e. The van der Waals surface area contributed by atoms with Gasteiger partial charge in [0.25, 0.3) is 0 Å². The summed E-state index contributed by atoms with van der Waals surface area (Å²) in [6.07, 6.45) is -1.21. The topological polar surface area (TPSA) is 69.4 Å². The van der Waals surface area contributed by atoms with Crippen molar-refractivity contribution < 1.29 is 13.2 Å². The summed E-state index contributed by atoms with van der Waals surface area (Å²) >= 11 is 1.08. The third kappa shape index (κ3) is 3.97. The van der Waals surface area contributed by atoms with Crippen molar-refractivity contribution in [2.45, 2.75) is 23.3 Å². The first kappa shape index (κ1) is 19.1. The molecule has 0 saturated carbocycles. The number of rotatable bonds is 4. The molecular weight excluding hydrogens is 401 g/mol. The maximum absolute atomic E-state index is 12.7. The van der Waals surface area contributed by atoms with Gasteiger partial charge in [-0.1, -0.05) is 18.2 Å². The summed E-state index contributed by atoms with van der Waals surface area (Å²) in [6, 6.07) is 13.5. The van der Waals surface area contributed by atoms with Crippen molar-refractivity contribution in [3.05, 3.63) is 72.2 Å². The van der Waals surface area contributed by atoms with Crippen molar-refractivity contribution in [3.8, 4) is 17.1 Å². The summed E-state index contributed by atoms with van der Waals surface area (Å²) in [5.74, 6) is 0.565. The van der Waals surface area contributed by atoms with Gasteiger partial charge >= 0.3 is 6.18 Å². The van der Waals surface area contributed by atoms with Crippen LogP contribution >= 0.6 is 11.8 Å². The Balaban J connectivity index is 1.78. The van der Waals surface area contributed by atoms with Gasteiger partial charge in [-0.05, 0) is 54.6 Å². The minimum Gasteiger partial charge on any atom is -0.269 e. The fraction of sp³-hybridized carbons (Fsp3) is 0.105. The summed E-state index contributed by atoms with van der Waals surface area (Å²) in [5, 5.41) is 16.2. The Morgan fingerprint density at radius 2 is 1.72 bits per heavy atom. The molecule has 0 N–H and O–H groups in total. The van der Waals surface area contributed by atoms with Gasteiger partial charge in [-0.2, -0.15) is 13.2 Å². The number of pyridine rings is 1. The molecule has 29 heavy (non-hydrogen) atoms. The highest BCUT2D eigenvalue weighted by Gasteiger charge is 2.33. The zero-order valence-electron chi connectivity index (χ0n) is 15.0. The van der Waals surface area contributed by atoms with Crippen LogP contribution in [0.15, 0.2) is 71.1 Å². The lowest BCUT2D eigenvalue weighted by atomic mass is 10.2. The second-order valence-electron chi connectivity index (χ2n) is 6.03. The van der Waals surface area contributed by atoms with Crippen LogP contribution in [0.5, 0.6) is 0 Å². The number of halogens is 3. The molecule has 146 valence electrons. The molecule has 10 heteroatoms. The Morgan fingerprint density at radius 3 is 2.38 bits per heavy atom. The quantitative estimate of drug-likeness (QED) is 0.486. The molecule has 3 heterocycles. The van der Waals surface area contributed by atoms with E-state index < -0.39 is 11.9 Å². The molecule has 4 aromatic rings. The van der Waals surface area contributed by atoms with Crippen molar-refractivity contribution in [1.29, 1.82) is 0 Å². The van der Waals surface area contributed by atoms with E-state index in [1.807, 2.05) is 41.8 Å². The van der Waals surface area contributed by atoms with Crippen molar-refractivity contribution in [1.82, 2.24) is 29.9 Å². The molecule has 0 saturated heterocycles. The third-order valence-corrected chi connectivity index (χ3v) is 4.91. The lowest BCUT2D eigenvalue weighted by Gasteiger charge is -2.12. The number of nitrogens with zero attached hydrogens (tertiary/aromatic N) is 6. The van der Waals surface area contributed by atoms with E-state index in [9.17, 15) is 13.2 Å². The standard InChI is InChI=1S/C19H13F3N6S/c1-12-5-2-3-7-14(12)28-17(13-6-4-10-23-11-13)26-27-18(28)29-16-9-8-15(24-25-16)19(20,21)22/h2-11H,1H3. The van der Waals surface area contributed by atoms with Crippen LogP contribution in [0.2, 0.25) is 0 Å². The van der Waals surface area contributed by atoms with Crippen LogP contribution < -0.4 is 0 Å². The molecule has 6 nitrogen and oxygen atoms in total. The first-order valence-electron chi connectivity index (χ1n) is 8.44. The highest BCUT2D eigenvalue weighted by Crippen LogP contribution is 2.33. The number of hydrogen-bond donors (Lipinski definition) is 0. The minimum atomic E-state index is -4.54. The molecule has 0 atom stereocenters. The zero-order valence-corrected chi connectivity index (χ0v) is 15.8. The summed E-state index contributed by atoms with van der Waals surface area (Å²) in [5.41, 5.74) is 1.54. The Bertz CT molecular complexity index is 1130. The van der Waals surface area contributed by atoms with Gasteiger partial charge in [-0.3, -0.25) is 9.55 Å². The predicted molar refractivity (Wildman–Crippen MR) is 100 cm³/mol. The number of aromatic nitrogens is 6. The Hall–Kier alpha value is -3.27. The van der Waals surface area contributed by atoms with Crippen molar-refractivity contribution in [2.24, 2.45) is 0 Å². The molecule has 3 aromatic heterocycles. The van der Waals surface area contributed by atoms with Crippen LogP contribution in [0.25, 0.3) is 17.1 Å². The van der Waals surface area contributed by atoms with E-state index in [0.717, 1.165) is 34.6 Å². The third-order valence-electron chi connectivity index (χ3n) is 4.04. The molecule has 0 unspecified atom stereocenters. The molecule has 0 aliphatic rings. The molecule has 0 fully saturated rings. The summed E-state index contributed by atoms with van der Waals surface area (Å²) in [6.45, 7) is 1.95. The van der Waals surface area contributed by atoms with E-state index in [0.29, 0.717) is 11.0 Å². The first-order chi connectivity index (χ1) is 13.9. The number of hydrogen-bond acceptors (Lipinski definition) is 6. The number of benzene rings is 1. The fourth-order valence-corrected chi connectivity index (χ4v) is 3.43. The monoisotopic (exact) mass is 414 g/mol. The maximum atomic E-state index is 12.7. The molecule has 0 aliphatic carbocycles. The average molecular weight is 414 g/mol. The molecule has 0 aliphatic heterocycles. The summed E-state index contributed by atoms with van der Waals surface area (Å²) in [7, 11) is 0. The minimum absolute atomic E-state index is 0.276. The van der Waals surface area contributed by atoms with Gasteiger partial charge in [0.15, 0.2) is 11.5 Å². The second kappa shape index (κ2) is 7.63. The smallest absolute Gasteiger partial charge is 0.269 e. The van der Waals surface area contributed by atoms with E-state index in [1.54, 1.807) is 18.5 Å².